The standard InChI is InChI=1S/C13H17N5.C3H6.C2H6/c1-3-5-8-16-12-7-6-11(9-10(12)4-2)13(17-14)18-15;1-3-2;1-2/h3-7,9,14,16H,2,8,15H2,1H3;3H,1H2,2H3;1-2H3/b5-3+,17-14?,18-13-;;. The SMILES string of the molecule is C=CC.C=Cc1cc(/C(N=N)=N/N)ccc1NC/C=C/C.CC. The van der Waals surface area contributed by atoms with E-state index in [1.807, 2.05) is 58.0 Å². The quantitative estimate of drug-likeness (QED) is 0.174. The van der Waals surface area contributed by atoms with Crippen LogP contribution in [0.15, 0.2) is 59.8 Å². The minimum atomic E-state index is 0.193. The molecule has 126 valence electrons. The van der Waals surface area contributed by atoms with E-state index in [1.54, 1.807) is 12.2 Å². The fourth-order valence-corrected chi connectivity index (χ4v) is 1.49. The number of amidine groups is 1. The fraction of sp³-hybridized carbons (Fsp3) is 0.278. The van der Waals surface area contributed by atoms with Crippen LogP contribution < -0.4 is 11.2 Å². The number of hydrazone groups is 1. The summed E-state index contributed by atoms with van der Waals surface area (Å²) in [6, 6.07) is 5.55. The molecular weight excluding hydrogens is 286 g/mol. The van der Waals surface area contributed by atoms with E-state index < -0.39 is 0 Å². The average Bonchev–Trinajstić information content (AvgIpc) is 2.59. The second kappa shape index (κ2) is 15.7. The molecule has 5 nitrogen and oxygen atoms in total. The second-order valence-corrected chi connectivity index (χ2v) is 3.93. The van der Waals surface area contributed by atoms with Gasteiger partial charge in [0.25, 0.3) is 0 Å². The average molecular weight is 315 g/mol. The first kappa shape index (κ1) is 22.6. The highest BCUT2D eigenvalue weighted by molar-refractivity contribution is 5.99. The maximum absolute atomic E-state index is 6.98. The largest absolute Gasteiger partial charge is 0.381 e. The van der Waals surface area contributed by atoms with Crippen molar-refractivity contribution in [2.24, 2.45) is 16.1 Å². The summed E-state index contributed by atoms with van der Waals surface area (Å²) in [5.41, 5.74) is 9.56. The molecule has 0 radical (unpaired) electrons. The zero-order valence-electron chi connectivity index (χ0n) is 14.6. The first-order valence-electron chi connectivity index (χ1n) is 7.52. The molecule has 1 rings (SSSR count). The summed E-state index contributed by atoms with van der Waals surface area (Å²) in [6.07, 6.45) is 7.49. The highest BCUT2D eigenvalue weighted by atomic mass is 15.2. The van der Waals surface area contributed by atoms with Gasteiger partial charge in [0.1, 0.15) is 0 Å². The van der Waals surface area contributed by atoms with Crippen LogP contribution in [-0.2, 0) is 0 Å². The Balaban J connectivity index is 0. The third-order valence-corrected chi connectivity index (χ3v) is 2.40. The van der Waals surface area contributed by atoms with Crippen molar-refractivity contribution in [1.82, 2.24) is 0 Å². The monoisotopic (exact) mass is 315 g/mol. The molecule has 0 aliphatic rings. The zero-order valence-corrected chi connectivity index (χ0v) is 14.6. The van der Waals surface area contributed by atoms with E-state index in [0.717, 1.165) is 17.8 Å². The van der Waals surface area contributed by atoms with Crippen molar-refractivity contribution in [1.29, 1.82) is 5.53 Å². The van der Waals surface area contributed by atoms with E-state index in [0.29, 0.717) is 5.56 Å². The normalized spacial score (nSPS) is 9.83. The van der Waals surface area contributed by atoms with Gasteiger partial charge in [-0.15, -0.1) is 11.7 Å². The Hall–Kier alpha value is -2.69. The molecule has 0 aromatic heterocycles. The van der Waals surface area contributed by atoms with E-state index in [1.165, 1.54) is 0 Å². The van der Waals surface area contributed by atoms with E-state index in [4.69, 9.17) is 11.4 Å². The van der Waals surface area contributed by atoms with Crippen LogP contribution in [0.25, 0.3) is 6.08 Å². The molecule has 0 saturated heterocycles. The van der Waals surface area contributed by atoms with Crippen LogP contribution in [0.5, 0.6) is 0 Å². The van der Waals surface area contributed by atoms with Gasteiger partial charge < -0.3 is 11.2 Å². The molecule has 0 spiro atoms. The van der Waals surface area contributed by atoms with Gasteiger partial charge in [-0.3, -0.25) is 0 Å². The lowest BCUT2D eigenvalue weighted by molar-refractivity contribution is 1.13. The van der Waals surface area contributed by atoms with Crippen LogP contribution in [0.1, 0.15) is 38.8 Å². The molecule has 0 amide bonds. The van der Waals surface area contributed by atoms with Crippen LogP contribution in [0.2, 0.25) is 0 Å². The van der Waals surface area contributed by atoms with Crippen LogP contribution in [0.4, 0.5) is 5.69 Å². The van der Waals surface area contributed by atoms with E-state index in [-0.39, 0.29) is 5.84 Å². The third kappa shape index (κ3) is 9.03. The first-order valence-corrected chi connectivity index (χ1v) is 7.52. The topological polar surface area (TPSA) is 86.6 Å². The van der Waals surface area contributed by atoms with Crippen molar-refractivity contribution < 1.29 is 0 Å². The van der Waals surface area contributed by atoms with Crippen LogP contribution >= 0.6 is 0 Å². The van der Waals surface area contributed by atoms with Gasteiger partial charge in [0.2, 0.25) is 0 Å². The van der Waals surface area contributed by atoms with Crippen molar-refractivity contribution in [3.63, 3.8) is 0 Å². The number of anilines is 1. The summed E-state index contributed by atoms with van der Waals surface area (Å²) in [4.78, 5) is 0. The Bertz CT molecular complexity index is 530. The first-order chi connectivity index (χ1) is 11.2. The summed E-state index contributed by atoms with van der Waals surface area (Å²) < 4.78 is 0. The Morgan fingerprint density at radius 2 is 1.91 bits per heavy atom. The van der Waals surface area contributed by atoms with Gasteiger partial charge >= 0.3 is 0 Å². The molecule has 0 unspecified atom stereocenters. The molecule has 23 heavy (non-hydrogen) atoms. The molecular formula is C18H29N5. The fourth-order valence-electron chi connectivity index (χ4n) is 1.49. The maximum Gasteiger partial charge on any atom is 0.199 e. The number of nitrogens with zero attached hydrogens (tertiary/aromatic N) is 2. The van der Waals surface area contributed by atoms with Crippen molar-refractivity contribution in [2.45, 2.75) is 27.7 Å². The van der Waals surface area contributed by atoms with Gasteiger partial charge in [0.15, 0.2) is 5.84 Å². The molecule has 0 bridgehead atoms. The van der Waals surface area contributed by atoms with Gasteiger partial charge in [-0.05, 0) is 37.6 Å². The van der Waals surface area contributed by atoms with Gasteiger partial charge in [-0.25, -0.2) is 5.53 Å². The molecule has 4 N–H and O–H groups in total. The van der Waals surface area contributed by atoms with Crippen molar-refractivity contribution >= 4 is 17.6 Å². The van der Waals surface area contributed by atoms with E-state index in [9.17, 15) is 0 Å². The molecule has 0 atom stereocenters. The Labute approximate surface area is 140 Å². The molecule has 1 aromatic rings. The molecule has 0 heterocycles. The predicted molar refractivity (Wildman–Crippen MR) is 103 cm³/mol. The van der Waals surface area contributed by atoms with Crippen LogP contribution in [-0.4, -0.2) is 12.4 Å². The van der Waals surface area contributed by atoms with E-state index >= 15 is 0 Å². The molecule has 1 aromatic carbocycles. The summed E-state index contributed by atoms with van der Waals surface area (Å²) in [7, 11) is 0. The molecule has 0 saturated carbocycles. The lowest BCUT2D eigenvalue weighted by Gasteiger charge is -2.09. The Kier molecular flexibility index (Phi) is 15.4. The molecule has 5 heteroatoms. The van der Waals surface area contributed by atoms with Crippen molar-refractivity contribution in [2.75, 3.05) is 11.9 Å². The summed E-state index contributed by atoms with van der Waals surface area (Å²) in [5, 5.41) is 9.98. The number of hydrogen-bond donors (Lipinski definition) is 3. The van der Waals surface area contributed by atoms with Crippen LogP contribution in [0, 0.1) is 5.53 Å². The highest BCUT2D eigenvalue weighted by Gasteiger charge is 2.05. The number of nitrogens with two attached hydrogens (primary N) is 1. The number of benzene rings is 1. The molecule has 0 aliphatic heterocycles. The second-order valence-electron chi connectivity index (χ2n) is 3.93. The minimum absolute atomic E-state index is 0.193. The number of hydrogen-bond acceptors (Lipinski definition) is 4. The smallest absolute Gasteiger partial charge is 0.199 e. The summed E-state index contributed by atoms with van der Waals surface area (Å²) in [6.45, 7) is 15.7. The van der Waals surface area contributed by atoms with Gasteiger partial charge in [-0.1, -0.05) is 44.7 Å². The van der Waals surface area contributed by atoms with Crippen LogP contribution in [0.3, 0.4) is 0 Å². The highest BCUT2D eigenvalue weighted by Crippen LogP contribution is 2.19. The number of allylic oxidation sites excluding steroid dienone is 2. The van der Waals surface area contributed by atoms with E-state index in [2.05, 4.69) is 28.7 Å². The van der Waals surface area contributed by atoms with Crippen molar-refractivity contribution in [3.8, 4) is 0 Å². The van der Waals surface area contributed by atoms with Gasteiger partial charge in [0.05, 0.1) is 0 Å². The lowest BCUT2D eigenvalue weighted by Crippen LogP contribution is -2.04. The summed E-state index contributed by atoms with van der Waals surface area (Å²) in [5.74, 6) is 5.36. The molecule has 0 aliphatic carbocycles. The third-order valence-electron chi connectivity index (χ3n) is 2.40. The van der Waals surface area contributed by atoms with Crippen molar-refractivity contribution in [3.05, 3.63) is 60.7 Å². The van der Waals surface area contributed by atoms with Gasteiger partial charge in [0, 0.05) is 17.8 Å². The lowest BCUT2D eigenvalue weighted by atomic mass is 10.1. The Morgan fingerprint density at radius 1 is 1.30 bits per heavy atom. The zero-order chi connectivity index (χ0) is 18.1. The summed E-state index contributed by atoms with van der Waals surface area (Å²) >= 11 is 0. The Morgan fingerprint density at radius 3 is 2.35 bits per heavy atom. The minimum Gasteiger partial charge on any atom is -0.381 e. The van der Waals surface area contributed by atoms with Gasteiger partial charge in [-0.2, -0.15) is 5.10 Å². The predicted octanol–water partition coefficient (Wildman–Crippen LogP) is 5.19. The maximum atomic E-state index is 6.98. The number of nitrogens with one attached hydrogen (secondary N) is 2. The number of rotatable bonds is 5. The molecule has 0 fully saturated rings.